The van der Waals surface area contributed by atoms with Crippen LogP contribution in [0, 0.1) is 0 Å². The molecular formula is C20H15BrN4O3. The van der Waals surface area contributed by atoms with Gasteiger partial charge in [0.15, 0.2) is 0 Å². The number of benzene rings is 2. The van der Waals surface area contributed by atoms with Gasteiger partial charge < -0.3 is 9.26 Å². The molecule has 0 bridgehead atoms. The maximum Gasteiger partial charge on any atom is 0.267 e. The summed E-state index contributed by atoms with van der Waals surface area (Å²) in [7, 11) is 1.60. The third-order valence-electron chi connectivity index (χ3n) is 4.10. The predicted molar refractivity (Wildman–Crippen MR) is 107 cm³/mol. The summed E-state index contributed by atoms with van der Waals surface area (Å²) < 4.78 is 12.7. The van der Waals surface area contributed by atoms with Crippen molar-refractivity contribution in [2.45, 2.75) is 6.54 Å². The number of hydrogen-bond acceptors (Lipinski definition) is 6. The molecule has 28 heavy (non-hydrogen) atoms. The first-order valence-electron chi connectivity index (χ1n) is 8.44. The van der Waals surface area contributed by atoms with Crippen molar-refractivity contribution in [3.63, 3.8) is 0 Å². The minimum Gasteiger partial charge on any atom is -0.497 e. The van der Waals surface area contributed by atoms with Crippen molar-refractivity contribution in [3.05, 3.63) is 81.4 Å². The molecule has 0 aliphatic rings. The topological polar surface area (TPSA) is 83.0 Å². The fourth-order valence-corrected chi connectivity index (χ4v) is 3.16. The van der Waals surface area contributed by atoms with Crippen molar-refractivity contribution < 1.29 is 9.26 Å². The number of methoxy groups -OCH3 is 1. The van der Waals surface area contributed by atoms with Crippen LogP contribution < -0.4 is 10.3 Å². The molecule has 4 rings (SSSR count). The van der Waals surface area contributed by atoms with Crippen LogP contribution in [0.25, 0.3) is 22.6 Å². The first-order valence-corrected chi connectivity index (χ1v) is 9.23. The van der Waals surface area contributed by atoms with Crippen LogP contribution in [0.4, 0.5) is 0 Å². The Morgan fingerprint density at radius 2 is 1.96 bits per heavy atom. The number of halogens is 1. The SMILES string of the molecule is COc1cccc(-c2ccc(=O)n(Cc3nc(-c4ccccc4Br)no3)n2)c1. The van der Waals surface area contributed by atoms with E-state index in [1.54, 1.807) is 13.2 Å². The predicted octanol–water partition coefficient (Wildman–Crippen LogP) is 3.78. The standard InChI is InChI=1S/C20H15BrN4O3/c1-27-14-6-4-5-13(11-14)17-9-10-19(26)25(23-17)12-18-22-20(24-28-18)15-7-2-3-8-16(15)21/h2-11H,12H2,1H3. The van der Waals surface area contributed by atoms with Gasteiger partial charge in [-0.2, -0.15) is 10.1 Å². The first-order chi connectivity index (χ1) is 13.6. The number of rotatable bonds is 5. The highest BCUT2D eigenvalue weighted by Gasteiger charge is 2.13. The molecular weight excluding hydrogens is 424 g/mol. The second-order valence-corrected chi connectivity index (χ2v) is 6.79. The molecule has 0 aliphatic heterocycles. The van der Waals surface area contributed by atoms with Crippen LogP contribution in [0.1, 0.15) is 5.89 Å². The molecule has 0 atom stereocenters. The van der Waals surface area contributed by atoms with E-state index in [4.69, 9.17) is 9.26 Å². The highest BCUT2D eigenvalue weighted by molar-refractivity contribution is 9.10. The zero-order chi connectivity index (χ0) is 19.5. The van der Waals surface area contributed by atoms with Crippen molar-refractivity contribution in [2.24, 2.45) is 0 Å². The maximum absolute atomic E-state index is 12.2. The highest BCUT2D eigenvalue weighted by atomic mass is 79.9. The lowest BCUT2D eigenvalue weighted by Gasteiger charge is -2.06. The molecule has 0 unspecified atom stereocenters. The van der Waals surface area contributed by atoms with E-state index >= 15 is 0 Å². The van der Waals surface area contributed by atoms with Crippen LogP contribution in [0.3, 0.4) is 0 Å². The molecule has 0 fully saturated rings. The Labute approximate surface area is 168 Å². The Kier molecular flexibility index (Phi) is 5.03. The van der Waals surface area contributed by atoms with Crippen molar-refractivity contribution in [2.75, 3.05) is 7.11 Å². The number of hydrogen-bond donors (Lipinski definition) is 0. The molecule has 0 amide bonds. The Bertz CT molecular complexity index is 1190. The summed E-state index contributed by atoms with van der Waals surface area (Å²) in [5.74, 6) is 1.45. The molecule has 4 aromatic rings. The van der Waals surface area contributed by atoms with Gasteiger partial charge in [-0.05, 0) is 30.3 Å². The fraction of sp³-hybridized carbons (Fsp3) is 0.100. The molecule has 0 spiro atoms. The van der Waals surface area contributed by atoms with Crippen LogP contribution in [-0.2, 0) is 6.54 Å². The van der Waals surface area contributed by atoms with E-state index < -0.39 is 0 Å². The van der Waals surface area contributed by atoms with E-state index in [1.165, 1.54) is 10.7 Å². The summed E-state index contributed by atoms with van der Waals surface area (Å²) in [5.41, 5.74) is 2.03. The van der Waals surface area contributed by atoms with Crippen LogP contribution in [0.2, 0.25) is 0 Å². The van der Waals surface area contributed by atoms with Crippen molar-refractivity contribution >= 4 is 15.9 Å². The molecule has 7 nitrogen and oxygen atoms in total. The van der Waals surface area contributed by atoms with Crippen LogP contribution in [0.15, 0.2) is 74.5 Å². The molecule has 140 valence electrons. The first kappa shape index (κ1) is 18.1. The second kappa shape index (κ2) is 7.77. The molecule has 2 heterocycles. The lowest BCUT2D eigenvalue weighted by molar-refractivity contribution is 0.363. The van der Waals surface area contributed by atoms with Gasteiger partial charge in [0, 0.05) is 21.7 Å². The normalized spacial score (nSPS) is 10.8. The molecule has 0 N–H and O–H groups in total. The monoisotopic (exact) mass is 438 g/mol. The lowest BCUT2D eigenvalue weighted by Crippen LogP contribution is -2.23. The van der Waals surface area contributed by atoms with Crippen LogP contribution in [0.5, 0.6) is 5.75 Å². The minimum absolute atomic E-state index is 0.0775. The molecule has 2 aromatic heterocycles. The van der Waals surface area contributed by atoms with Gasteiger partial charge in [-0.15, -0.1) is 0 Å². The summed E-state index contributed by atoms with van der Waals surface area (Å²) >= 11 is 3.47. The second-order valence-electron chi connectivity index (χ2n) is 5.94. The summed E-state index contributed by atoms with van der Waals surface area (Å²) in [6.45, 7) is 0.0775. The molecule has 0 aliphatic carbocycles. The van der Waals surface area contributed by atoms with E-state index in [0.717, 1.165) is 15.6 Å². The Morgan fingerprint density at radius 1 is 1.11 bits per heavy atom. The number of nitrogens with zero attached hydrogens (tertiary/aromatic N) is 4. The van der Waals surface area contributed by atoms with Crippen molar-refractivity contribution in [1.82, 2.24) is 19.9 Å². The van der Waals surface area contributed by atoms with Gasteiger partial charge >= 0.3 is 0 Å². The van der Waals surface area contributed by atoms with E-state index in [9.17, 15) is 4.79 Å². The van der Waals surface area contributed by atoms with Crippen molar-refractivity contribution in [1.29, 1.82) is 0 Å². The average molecular weight is 439 g/mol. The van der Waals surface area contributed by atoms with E-state index in [2.05, 4.69) is 31.2 Å². The molecule has 0 saturated carbocycles. The van der Waals surface area contributed by atoms with Gasteiger partial charge in [-0.3, -0.25) is 4.79 Å². The maximum atomic E-state index is 12.2. The summed E-state index contributed by atoms with van der Waals surface area (Å²) in [6.07, 6.45) is 0. The van der Waals surface area contributed by atoms with E-state index in [-0.39, 0.29) is 12.1 Å². The van der Waals surface area contributed by atoms with Crippen LogP contribution in [-0.4, -0.2) is 27.0 Å². The van der Waals surface area contributed by atoms with Gasteiger partial charge in [-0.1, -0.05) is 45.4 Å². The minimum atomic E-state index is -0.257. The number of aromatic nitrogens is 4. The van der Waals surface area contributed by atoms with Crippen molar-refractivity contribution in [3.8, 4) is 28.4 Å². The smallest absolute Gasteiger partial charge is 0.267 e. The van der Waals surface area contributed by atoms with Gasteiger partial charge in [0.25, 0.3) is 5.56 Å². The zero-order valence-electron chi connectivity index (χ0n) is 14.9. The van der Waals surface area contributed by atoms with Gasteiger partial charge in [-0.25, -0.2) is 4.68 Å². The molecule has 0 radical (unpaired) electrons. The summed E-state index contributed by atoms with van der Waals surface area (Å²) in [4.78, 5) is 16.6. The Morgan fingerprint density at radius 3 is 2.79 bits per heavy atom. The van der Waals surface area contributed by atoms with Crippen LogP contribution >= 0.6 is 15.9 Å². The summed E-state index contributed by atoms with van der Waals surface area (Å²) in [6, 6.07) is 18.2. The van der Waals surface area contributed by atoms with Gasteiger partial charge in [0.05, 0.1) is 12.8 Å². The third-order valence-corrected chi connectivity index (χ3v) is 4.79. The summed E-state index contributed by atoms with van der Waals surface area (Å²) in [5, 5.41) is 8.42. The Balaban J connectivity index is 1.64. The highest BCUT2D eigenvalue weighted by Crippen LogP contribution is 2.25. The zero-order valence-corrected chi connectivity index (χ0v) is 16.5. The van der Waals surface area contributed by atoms with E-state index in [1.807, 2.05) is 48.5 Å². The molecule has 0 saturated heterocycles. The lowest BCUT2D eigenvalue weighted by atomic mass is 10.1. The quantitative estimate of drug-likeness (QED) is 0.471. The third kappa shape index (κ3) is 3.72. The average Bonchev–Trinajstić information content (AvgIpc) is 3.18. The van der Waals surface area contributed by atoms with Gasteiger partial charge in [0.1, 0.15) is 12.3 Å². The van der Waals surface area contributed by atoms with E-state index in [0.29, 0.717) is 23.2 Å². The fourth-order valence-electron chi connectivity index (χ4n) is 2.70. The molecule has 8 heteroatoms. The Hall–Kier alpha value is -3.26. The largest absolute Gasteiger partial charge is 0.497 e. The molecule has 2 aromatic carbocycles. The van der Waals surface area contributed by atoms with Gasteiger partial charge in [0.2, 0.25) is 11.7 Å². The number of ether oxygens (including phenoxy) is 1.